The Hall–Kier alpha value is -0.550. The monoisotopic (exact) mass is 280 g/mol. The molecular weight excluding hydrogens is 256 g/mol. The zero-order valence-electron chi connectivity index (χ0n) is 11.8. The molecule has 1 aromatic rings. The lowest BCUT2D eigenvalue weighted by molar-refractivity contribution is 0.0893. The molecule has 0 saturated carbocycles. The van der Waals surface area contributed by atoms with Gasteiger partial charge in [0.05, 0.1) is 13.2 Å². The van der Waals surface area contributed by atoms with E-state index >= 15 is 0 Å². The van der Waals surface area contributed by atoms with Gasteiger partial charge in [-0.25, -0.2) is 0 Å². The van der Waals surface area contributed by atoms with Crippen LogP contribution in [0, 0.1) is 0 Å². The van der Waals surface area contributed by atoms with Crippen molar-refractivity contribution in [1.82, 2.24) is 9.80 Å². The van der Waals surface area contributed by atoms with Crippen molar-refractivity contribution in [2.45, 2.75) is 4.90 Å². The van der Waals surface area contributed by atoms with Gasteiger partial charge in [0.1, 0.15) is 0 Å². The van der Waals surface area contributed by atoms with Crippen LogP contribution in [0.3, 0.4) is 0 Å². The highest BCUT2D eigenvalue weighted by Crippen LogP contribution is 2.16. The molecule has 0 amide bonds. The number of piperazine rings is 1. The van der Waals surface area contributed by atoms with Crippen molar-refractivity contribution in [1.29, 1.82) is 0 Å². The van der Waals surface area contributed by atoms with Gasteiger partial charge < -0.3 is 9.64 Å². The van der Waals surface area contributed by atoms with E-state index in [2.05, 4.69) is 47.2 Å². The maximum atomic E-state index is 5.71. The summed E-state index contributed by atoms with van der Waals surface area (Å²) in [4.78, 5) is 6.20. The predicted octanol–water partition coefficient (Wildman–Crippen LogP) is 2.04. The Morgan fingerprint density at radius 1 is 1.05 bits per heavy atom. The Bertz CT molecular complexity index is 339. The fourth-order valence-corrected chi connectivity index (χ4v) is 2.89. The van der Waals surface area contributed by atoms with Crippen LogP contribution in [0.4, 0.5) is 0 Å². The highest BCUT2D eigenvalue weighted by Gasteiger charge is 2.12. The molecular formula is C15H24N2OS. The van der Waals surface area contributed by atoms with Crippen molar-refractivity contribution >= 4 is 11.8 Å². The summed E-state index contributed by atoms with van der Waals surface area (Å²) in [6.07, 6.45) is 0. The van der Waals surface area contributed by atoms with Crippen LogP contribution in [0.2, 0.25) is 0 Å². The van der Waals surface area contributed by atoms with Crippen molar-refractivity contribution in [2.24, 2.45) is 0 Å². The Morgan fingerprint density at radius 2 is 1.79 bits per heavy atom. The molecule has 3 nitrogen and oxygen atoms in total. The van der Waals surface area contributed by atoms with Gasteiger partial charge in [-0.3, -0.25) is 4.90 Å². The minimum absolute atomic E-state index is 0.841. The molecule has 1 heterocycles. The lowest BCUT2D eigenvalue weighted by atomic mass is 10.3. The second-order valence-electron chi connectivity index (χ2n) is 4.92. The summed E-state index contributed by atoms with van der Waals surface area (Å²) in [5.41, 5.74) is 0. The molecule has 1 aromatic carbocycles. The summed E-state index contributed by atoms with van der Waals surface area (Å²) in [5.74, 6) is 1.03. The lowest BCUT2D eigenvalue weighted by Crippen LogP contribution is -2.45. The Kier molecular flexibility index (Phi) is 6.71. The number of hydrogen-bond donors (Lipinski definition) is 0. The van der Waals surface area contributed by atoms with Gasteiger partial charge in [-0.05, 0) is 19.2 Å². The van der Waals surface area contributed by atoms with E-state index in [0.717, 1.165) is 25.5 Å². The van der Waals surface area contributed by atoms with E-state index in [1.54, 1.807) is 0 Å². The quantitative estimate of drug-likeness (QED) is 0.561. The van der Waals surface area contributed by atoms with Gasteiger partial charge in [0.15, 0.2) is 0 Å². The Morgan fingerprint density at radius 3 is 2.53 bits per heavy atom. The number of ether oxygens (including phenoxy) is 1. The largest absolute Gasteiger partial charge is 0.379 e. The van der Waals surface area contributed by atoms with E-state index in [9.17, 15) is 0 Å². The standard InChI is InChI=1S/C15H24N2OS/c1-16-7-9-17(10-8-16)11-12-18-13-14-19-15-5-3-2-4-6-15/h2-6H,7-14H2,1H3. The summed E-state index contributed by atoms with van der Waals surface area (Å²) < 4.78 is 5.71. The average molecular weight is 280 g/mol. The summed E-state index contributed by atoms with van der Waals surface area (Å²) in [6, 6.07) is 10.5. The zero-order valence-corrected chi connectivity index (χ0v) is 12.6. The van der Waals surface area contributed by atoms with Crippen LogP contribution >= 0.6 is 11.8 Å². The first-order valence-corrected chi connectivity index (χ1v) is 7.99. The summed E-state index contributed by atoms with van der Waals surface area (Å²) in [6.45, 7) is 7.50. The van der Waals surface area contributed by atoms with Crippen LogP contribution in [-0.4, -0.2) is 68.5 Å². The maximum absolute atomic E-state index is 5.71. The molecule has 1 fully saturated rings. The number of likely N-dealkylation sites (N-methyl/N-ethyl adjacent to an activating group) is 1. The topological polar surface area (TPSA) is 15.7 Å². The van der Waals surface area contributed by atoms with E-state index in [1.807, 2.05) is 11.8 Å². The van der Waals surface area contributed by atoms with E-state index in [1.165, 1.54) is 31.1 Å². The molecule has 1 aliphatic heterocycles. The number of nitrogens with zero attached hydrogens (tertiary/aromatic N) is 2. The SMILES string of the molecule is CN1CCN(CCOCCSc2ccccc2)CC1. The summed E-state index contributed by atoms with van der Waals surface area (Å²) >= 11 is 1.86. The first-order chi connectivity index (χ1) is 9.34. The molecule has 1 saturated heterocycles. The van der Waals surface area contributed by atoms with Crippen LogP contribution in [0.1, 0.15) is 0 Å². The molecule has 4 heteroatoms. The number of hydrogen-bond acceptors (Lipinski definition) is 4. The van der Waals surface area contributed by atoms with Crippen LogP contribution in [0.15, 0.2) is 35.2 Å². The van der Waals surface area contributed by atoms with E-state index in [4.69, 9.17) is 4.74 Å². The molecule has 106 valence electrons. The van der Waals surface area contributed by atoms with Gasteiger partial charge in [0.25, 0.3) is 0 Å². The summed E-state index contributed by atoms with van der Waals surface area (Å²) in [5, 5.41) is 0. The summed E-state index contributed by atoms with van der Waals surface area (Å²) in [7, 11) is 2.19. The molecule has 0 spiro atoms. The minimum atomic E-state index is 0.841. The molecule has 2 rings (SSSR count). The van der Waals surface area contributed by atoms with Crippen LogP contribution < -0.4 is 0 Å². The minimum Gasteiger partial charge on any atom is -0.379 e. The lowest BCUT2D eigenvalue weighted by Gasteiger charge is -2.32. The smallest absolute Gasteiger partial charge is 0.0593 e. The third kappa shape index (κ3) is 5.95. The van der Waals surface area contributed by atoms with Gasteiger partial charge >= 0.3 is 0 Å². The van der Waals surface area contributed by atoms with Crippen molar-refractivity contribution in [3.63, 3.8) is 0 Å². The van der Waals surface area contributed by atoms with Crippen LogP contribution in [0.25, 0.3) is 0 Å². The average Bonchev–Trinajstić information content (AvgIpc) is 2.46. The highest BCUT2D eigenvalue weighted by molar-refractivity contribution is 7.99. The second-order valence-corrected chi connectivity index (χ2v) is 6.09. The highest BCUT2D eigenvalue weighted by atomic mass is 32.2. The maximum Gasteiger partial charge on any atom is 0.0593 e. The van der Waals surface area contributed by atoms with Gasteiger partial charge in [-0.15, -0.1) is 11.8 Å². The number of thioether (sulfide) groups is 1. The molecule has 0 radical (unpaired) electrons. The molecule has 0 atom stereocenters. The molecule has 0 N–H and O–H groups in total. The molecule has 0 unspecified atom stereocenters. The Labute approximate surface area is 120 Å². The van der Waals surface area contributed by atoms with Crippen molar-refractivity contribution in [3.8, 4) is 0 Å². The zero-order chi connectivity index (χ0) is 13.3. The fourth-order valence-electron chi connectivity index (χ4n) is 2.10. The molecule has 19 heavy (non-hydrogen) atoms. The molecule has 0 aliphatic carbocycles. The first-order valence-electron chi connectivity index (χ1n) is 7.01. The van der Waals surface area contributed by atoms with Crippen molar-refractivity contribution in [3.05, 3.63) is 30.3 Å². The molecule has 1 aliphatic rings. The van der Waals surface area contributed by atoms with Gasteiger partial charge in [0, 0.05) is 43.4 Å². The van der Waals surface area contributed by atoms with E-state index in [-0.39, 0.29) is 0 Å². The van der Waals surface area contributed by atoms with E-state index in [0.29, 0.717) is 0 Å². The third-order valence-electron chi connectivity index (χ3n) is 3.39. The molecule has 0 bridgehead atoms. The number of benzene rings is 1. The van der Waals surface area contributed by atoms with Crippen molar-refractivity contribution < 1.29 is 4.74 Å². The van der Waals surface area contributed by atoms with Gasteiger partial charge in [-0.1, -0.05) is 18.2 Å². The third-order valence-corrected chi connectivity index (χ3v) is 4.36. The number of rotatable bonds is 7. The van der Waals surface area contributed by atoms with E-state index < -0.39 is 0 Å². The van der Waals surface area contributed by atoms with Gasteiger partial charge in [0.2, 0.25) is 0 Å². The van der Waals surface area contributed by atoms with Gasteiger partial charge in [-0.2, -0.15) is 0 Å². The van der Waals surface area contributed by atoms with Crippen LogP contribution in [0.5, 0.6) is 0 Å². The molecule has 0 aromatic heterocycles. The fraction of sp³-hybridized carbons (Fsp3) is 0.600. The van der Waals surface area contributed by atoms with Crippen LogP contribution in [-0.2, 0) is 4.74 Å². The normalized spacial score (nSPS) is 17.7. The first kappa shape index (κ1) is 14.9. The Balaban J connectivity index is 1.46. The second kappa shape index (κ2) is 8.59. The predicted molar refractivity (Wildman–Crippen MR) is 81.9 cm³/mol. The van der Waals surface area contributed by atoms with Crippen molar-refractivity contribution in [2.75, 3.05) is 58.7 Å².